The summed E-state index contributed by atoms with van der Waals surface area (Å²) in [5.74, 6) is 0. The van der Waals surface area contributed by atoms with E-state index in [1.54, 1.807) is 0 Å². The predicted octanol–water partition coefficient (Wildman–Crippen LogP) is 4.50. The Morgan fingerprint density at radius 3 is 2.53 bits per heavy atom. The minimum atomic E-state index is 0.135. The highest BCUT2D eigenvalue weighted by molar-refractivity contribution is 5.99. The molecule has 2 saturated heterocycles. The van der Waals surface area contributed by atoms with Gasteiger partial charge in [-0.1, -0.05) is 53.7 Å². The van der Waals surface area contributed by atoms with E-state index in [1.807, 2.05) is 10.9 Å². The molecule has 0 amide bonds. The normalized spacial score (nSPS) is 21.6. The van der Waals surface area contributed by atoms with E-state index in [1.165, 1.54) is 21.5 Å². The van der Waals surface area contributed by atoms with Gasteiger partial charge in [0.05, 0.1) is 30.7 Å². The lowest BCUT2D eigenvalue weighted by molar-refractivity contribution is 0.0211. The molecule has 168 valence electrons. The van der Waals surface area contributed by atoms with Gasteiger partial charge in [0, 0.05) is 18.7 Å². The third-order valence-electron chi connectivity index (χ3n) is 6.84. The SMILES string of the molecule is c1ccc2cc3cc(-c4cn(-c5ccc(CO[C@H]6CNC[C@@H]7O[C@@H]67)cc5)nn4)ccc3cc2c1. The zero-order valence-electron chi connectivity index (χ0n) is 18.6. The van der Waals surface area contributed by atoms with E-state index in [9.17, 15) is 0 Å². The Bertz CT molecular complexity index is 1490. The van der Waals surface area contributed by atoms with Crippen LogP contribution in [0.15, 0.2) is 85.1 Å². The van der Waals surface area contributed by atoms with Gasteiger partial charge >= 0.3 is 0 Å². The minimum Gasteiger partial charge on any atom is -0.369 e. The molecule has 2 fully saturated rings. The molecule has 6 nitrogen and oxygen atoms in total. The molecule has 3 atom stereocenters. The van der Waals surface area contributed by atoms with Crippen molar-refractivity contribution in [3.05, 3.63) is 90.6 Å². The Hall–Kier alpha value is -3.58. The van der Waals surface area contributed by atoms with Crippen LogP contribution in [0, 0.1) is 0 Å². The van der Waals surface area contributed by atoms with Crippen LogP contribution in [-0.4, -0.2) is 46.4 Å². The van der Waals surface area contributed by atoms with Crippen molar-refractivity contribution in [2.75, 3.05) is 13.1 Å². The van der Waals surface area contributed by atoms with Crippen molar-refractivity contribution < 1.29 is 9.47 Å². The first-order valence-corrected chi connectivity index (χ1v) is 11.7. The number of fused-ring (bicyclic) bond motifs is 3. The third kappa shape index (κ3) is 3.66. The quantitative estimate of drug-likeness (QED) is 0.317. The lowest BCUT2D eigenvalue weighted by Crippen LogP contribution is -2.41. The Kier molecular flexibility index (Phi) is 4.68. The molecule has 0 aliphatic carbocycles. The molecule has 2 aliphatic heterocycles. The molecule has 1 N–H and O–H groups in total. The topological polar surface area (TPSA) is 64.5 Å². The number of epoxide rings is 1. The lowest BCUT2D eigenvalue weighted by atomic mass is 10.0. The number of nitrogens with one attached hydrogen (secondary N) is 1. The van der Waals surface area contributed by atoms with Gasteiger partial charge in [-0.15, -0.1) is 5.10 Å². The number of nitrogens with zero attached hydrogens (tertiary/aromatic N) is 3. The van der Waals surface area contributed by atoms with Crippen molar-refractivity contribution >= 4 is 21.5 Å². The molecule has 0 bridgehead atoms. The summed E-state index contributed by atoms with van der Waals surface area (Å²) >= 11 is 0. The largest absolute Gasteiger partial charge is 0.369 e. The van der Waals surface area contributed by atoms with Gasteiger partial charge in [0.1, 0.15) is 11.8 Å². The van der Waals surface area contributed by atoms with Gasteiger partial charge in [0.15, 0.2) is 0 Å². The van der Waals surface area contributed by atoms with Crippen molar-refractivity contribution in [3.8, 4) is 16.9 Å². The molecule has 0 spiro atoms. The predicted molar refractivity (Wildman–Crippen MR) is 132 cm³/mol. The number of hydrogen-bond acceptors (Lipinski definition) is 5. The second-order valence-corrected chi connectivity index (χ2v) is 9.12. The Morgan fingerprint density at radius 2 is 1.68 bits per heavy atom. The Balaban J connectivity index is 1.09. The summed E-state index contributed by atoms with van der Waals surface area (Å²) in [6.07, 6.45) is 2.72. The van der Waals surface area contributed by atoms with Crippen molar-refractivity contribution in [2.24, 2.45) is 0 Å². The molecule has 0 unspecified atom stereocenters. The fourth-order valence-electron chi connectivity index (χ4n) is 4.86. The molecule has 2 aliphatic rings. The lowest BCUT2D eigenvalue weighted by Gasteiger charge is -2.20. The molecular formula is C28H24N4O2. The number of rotatable bonds is 5. The van der Waals surface area contributed by atoms with Crippen LogP contribution in [0.5, 0.6) is 0 Å². The second-order valence-electron chi connectivity index (χ2n) is 9.12. The van der Waals surface area contributed by atoms with Crippen molar-refractivity contribution in [3.63, 3.8) is 0 Å². The van der Waals surface area contributed by atoms with E-state index < -0.39 is 0 Å². The summed E-state index contributed by atoms with van der Waals surface area (Å²) in [6, 6.07) is 27.6. The van der Waals surface area contributed by atoms with E-state index >= 15 is 0 Å². The molecule has 4 aromatic carbocycles. The van der Waals surface area contributed by atoms with Crippen LogP contribution in [0.1, 0.15) is 5.56 Å². The molecule has 5 aromatic rings. The standard InChI is InChI=1S/C28H24N4O2/c1-2-4-20-12-23-13-22(8-7-21(23)11-19(20)3-1)25-16-32(31-30-25)24-9-5-18(6-10-24)17-33-26-14-29-15-27-28(26)34-27/h1-13,16,26-29H,14-15,17H2/t26-,27-,28-/m0/s1. The highest BCUT2D eigenvalue weighted by Gasteiger charge is 2.48. The summed E-state index contributed by atoms with van der Waals surface area (Å²) in [4.78, 5) is 0. The fourth-order valence-corrected chi connectivity index (χ4v) is 4.86. The fraction of sp³-hybridized carbons (Fsp3) is 0.214. The van der Waals surface area contributed by atoms with E-state index in [0.29, 0.717) is 12.7 Å². The number of aromatic nitrogens is 3. The van der Waals surface area contributed by atoms with Crippen LogP contribution < -0.4 is 5.32 Å². The highest BCUT2D eigenvalue weighted by Crippen LogP contribution is 2.30. The smallest absolute Gasteiger partial charge is 0.113 e. The average Bonchev–Trinajstić information content (AvgIpc) is 3.53. The molecule has 34 heavy (non-hydrogen) atoms. The third-order valence-corrected chi connectivity index (χ3v) is 6.84. The summed E-state index contributed by atoms with van der Waals surface area (Å²) in [7, 11) is 0. The number of ether oxygens (including phenoxy) is 2. The molecule has 0 radical (unpaired) electrons. The second kappa shape index (κ2) is 8.02. The first-order chi connectivity index (χ1) is 16.8. The van der Waals surface area contributed by atoms with Crippen LogP contribution in [0.2, 0.25) is 0 Å². The Labute approximate surface area is 197 Å². The van der Waals surface area contributed by atoms with Crippen LogP contribution in [0.3, 0.4) is 0 Å². The van der Waals surface area contributed by atoms with Gasteiger partial charge in [0.25, 0.3) is 0 Å². The zero-order valence-corrected chi connectivity index (χ0v) is 18.6. The molecule has 0 saturated carbocycles. The minimum absolute atomic E-state index is 0.135. The van der Waals surface area contributed by atoms with E-state index in [-0.39, 0.29) is 12.2 Å². The first kappa shape index (κ1) is 19.9. The maximum Gasteiger partial charge on any atom is 0.113 e. The maximum absolute atomic E-state index is 6.07. The van der Waals surface area contributed by atoms with Gasteiger partial charge in [0.2, 0.25) is 0 Å². The van der Waals surface area contributed by atoms with Crippen LogP contribution >= 0.6 is 0 Å². The number of piperidine rings is 1. The maximum atomic E-state index is 6.07. The van der Waals surface area contributed by atoms with E-state index in [0.717, 1.165) is 35.6 Å². The zero-order chi connectivity index (χ0) is 22.5. The molecule has 3 heterocycles. The van der Waals surface area contributed by atoms with E-state index in [4.69, 9.17) is 9.47 Å². The summed E-state index contributed by atoms with van der Waals surface area (Å²) in [5, 5.41) is 17.1. The van der Waals surface area contributed by atoms with E-state index in [2.05, 4.69) is 94.5 Å². The van der Waals surface area contributed by atoms with Crippen molar-refractivity contribution in [1.29, 1.82) is 0 Å². The summed E-state index contributed by atoms with van der Waals surface area (Å²) in [5.41, 5.74) is 4.01. The van der Waals surface area contributed by atoms with Gasteiger partial charge in [-0.05, 0) is 57.4 Å². The molecule has 7 rings (SSSR count). The van der Waals surface area contributed by atoms with Crippen LogP contribution in [0.25, 0.3) is 38.5 Å². The summed E-state index contributed by atoms with van der Waals surface area (Å²) in [6.45, 7) is 2.37. The number of benzene rings is 4. The van der Waals surface area contributed by atoms with Gasteiger partial charge in [-0.2, -0.15) is 0 Å². The number of hydrogen-bond donors (Lipinski definition) is 1. The Morgan fingerprint density at radius 1 is 0.882 bits per heavy atom. The first-order valence-electron chi connectivity index (χ1n) is 11.7. The van der Waals surface area contributed by atoms with Gasteiger partial charge < -0.3 is 14.8 Å². The van der Waals surface area contributed by atoms with Crippen molar-refractivity contribution in [1.82, 2.24) is 20.3 Å². The van der Waals surface area contributed by atoms with Crippen molar-refractivity contribution in [2.45, 2.75) is 24.9 Å². The monoisotopic (exact) mass is 448 g/mol. The van der Waals surface area contributed by atoms with Crippen LogP contribution in [-0.2, 0) is 16.1 Å². The van der Waals surface area contributed by atoms with Gasteiger partial charge in [-0.3, -0.25) is 0 Å². The average molecular weight is 449 g/mol. The van der Waals surface area contributed by atoms with Crippen LogP contribution in [0.4, 0.5) is 0 Å². The molecular weight excluding hydrogens is 424 g/mol. The highest BCUT2D eigenvalue weighted by atomic mass is 16.6. The molecule has 1 aromatic heterocycles. The molecule has 6 heteroatoms. The van der Waals surface area contributed by atoms with Gasteiger partial charge in [-0.25, -0.2) is 4.68 Å². The summed E-state index contributed by atoms with van der Waals surface area (Å²) < 4.78 is 13.5.